The zero-order chi connectivity index (χ0) is 14.7. The van der Waals surface area contributed by atoms with Crippen LogP contribution in [0.2, 0.25) is 0 Å². The highest BCUT2D eigenvalue weighted by molar-refractivity contribution is 5.49. The molecule has 3 rings (SSSR count). The first-order valence-electron chi connectivity index (χ1n) is 6.27. The molecule has 6 nitrogen and oxygen atoms in total. The second-order valence-electron chi connectivity index (χ2n) is 4.43. The van der Waals surface area contributed by atoms with Crippen molar-refractivity contribution in [2.24, 2.45) is 0 Å². The van der Waals surface area contributed by atoms with Crippen LogP contribution in [0.1, 0.15) is 5.56 Å². The second kappa shape index (κ2) is 5.58. The number of phenols is 1. The van der Waals surface area contributed by atoms with Gasteiger partial charge in [0.05, 0.1) is 5.69 Å². The van der Waals surface area contributed by atoms with Crippen molar-refractivity contribution in [3.05, 3.63) is 60.2 Å². The predicted molar refractivity (Wildman–Crippen MR) is 74.5 cm³/mol. The Morgan fingerprint density at radius 2 is 1.95 bits per heavy atom. The Labute approximate surface area is 119 Å². The van der Waals surface area contributed by atoms with Gasteiger partial charge in [-0.15, -0.1) is 5.10 Å². The van der Waals surface area contributed by atoms with Crippen LogP contribution in [-0.2, 0) is 6.54 Å². The molecule has 2 aromatic carbocycles. The lowest BCUT2D eigenvalue weighted by atomic mass is 10.2. The van der Waals surface area contributed by atoms with Crippen molar-refractivity contribution >= 4 is 5.69 Å². The summed E-state index contributed by atoms with van der Waals surface area (Å²) in [7, 11) is 0. The van der Waals surface area contributed by atoms with Crippen LogP contribution in [0, 0.1) is 5.82 Å². The number of halogens is 1. The highest BCUT2D eigenvalue weighted by Crippen LogP contribution is 2.20. The van der Waals surface area contributed by atoms with Crippen LogP contribution in [-0.4, -0.2) is 25.3 Å². The normalized spacial score (nSPS) is 10.5. The standard InChI is InChI=1S/C14H12FN5O/c15-11-1-6-14(21)10(7-11)8-16-12-2-4-13(5-3-12)20-9-17-18-19-20/h1-7,9,16,21H,8H2. The third-order valence-electron chi connectivity index (χ3n) is 3.01. The number of anilines is 1. The largest absolute Gasteiger partial charge is 0.508 e. The van der Waals surface area contributed by atoms with E-state index in [9.17, 15) is 9.50 Å². The number of tetrazole rings is 1. The minimum atomic E-state index is -0.376. The van der Waals surface area contributed by atoms with Crippen molar-refractivity contribution < 1.29 is 9.50 Å². The average molecular weight is 285 g/mol. The van der Waals surface area contributed by atoms with E-state index >= 15 is 0 Å². The Balaban J connectivity index is 1.70. The number of hydrogen-bond acceptors (Lipinski definition) is 5. The minimum Gasteiger partial charge on any atom is -0.508 e. The predicted octanol–water partition coefficient (Wildman–Crippen LogP) is 2.12. The highest BCUT2D eigenvalue weighted by atomic mass is 19.1. The molecule has 0 saturated heterocycles. The monoisotopic (exact) mass is 285 g/mol. The van der Waals surface area contributed by atoms with Crippen molar-refractivity contribution in [1.29, 1.82) is 0 Å². The van der Waals surface area contributed by atoms with E-state index in [0.29, 0.717) is 12.1 Å². The summed E-state index contributed by atoms with van der Waals surface area (Å²) in [6, 6.07) is 11.3. The van der Waals surface area contributed by atoms with E-state index in [2.05, 4.69) is 20.8 Å². The Morgan fingerprint density at radius 1 is 1.14 bits per heavy atom. The van der Waals surface area contributed by atoms with Gasteiger partial charge in [-0.3, -0.25) is 0 Å². The first kappa shape index (κ1) is 13.0. The molecular weight excluding hydrogens is 273 g/mol. The highest BCUT2D eigenvalue weighted by Gasteiger charge is 2.03. The number of nitrogens with zero attached hydrogens (tertiary/aromatic N) is 4. The molecule has 0 aliphatic heterocycles. The number of rotatable bonds is 4. The van der Waals surface area contributed by atoms with Crippen LogP contribution in [0.5, 0.6) is 5.75 Å². The molecule has 1 aromatic heterocycles. The van der Waals surface area contributed by atoms with Crippen LogP contribution < -0.4 is 5.32 Å². The summed E-state index contributed by atoms with van der Waals surface area (Å²) < 4.78 is 14.7. The molecule has 0 bridgehead atoms. The molecule has 2 N–H and O–H groups in total. The zero-order valence-electron chi connectivity index (χ0n) is 10.9. The van der Waals surface area contributed by atoms with Crippen LogP contribution >= 0.6 is 0 Å². The number of aromatic nitrogens is 4. The summed E-state index contributed by atoms with van der Waals surface area (Å²) in [5, 5.41) is 23.7. The maximum atomic E-state index is 13.1. The molecule has 0 aliphatic carbocycles. The summed E-state index contributed by atoms with van der Waals surface area (Å²) in [4.78, 5) is 0. The molecule has 0 fully saturated rings. The Kier molecular flexibility index (Phi) is 3.46. The van der Waals surface area contributed by atoms with Crippen LogP contribution in [0.4, 0.5) is 10.1 Å². The fourth-order valence-electron chi connectivity index (χ4n) is 1.90. The Bertz CT molecular complexity index is 728. The van der Waals surface area contributed by atoms with Gasteiger partial charge in [-0.1, -0.05) is 0 Å². The number of aromatic hydroxyl groups is 1. The van der Waals surface area contributed by atoms with Gasteiger partial charge in [0.25, 0.3) is 0 Å². The Morgan fingerprint density at radius 3 is 2.67 bits per heavy atom. The van der Waals surface area contributed by atoms with Gasteiger partial charge < -0.3 is 10.4 Å². The van der Waals surface area contributed by atoms with Crippen molar-refractivity contribution in [2.75, 3.05) is 5.32 Å². The average Bonchev–Trinajstić information content (AvgIpc) is 3.03. The second-order valence-corrected chi connectivity index (χ2v) is 4.43. The summed E-state index contributed by atoms with van der Waals surface area (Å²) in [6.07, 6.45) is 1.51. The van der Waals surface area contributed by atoms with Crippen molar-refractivity contribution in [3.63, 3.8) is 0 Å². The lowest BCUT2D eigenvalue weighted by Crippen LogP contribution is -2.01. The summed E-state index contributed by atoms with van der Waals surface area (Å²) in [5.74, 6) is -0.312. The fraction of sp³-hybridized carbons (Fsp3) is 0.0714. The van der Waals surface area contributed by atoms with Crippen LogP contribution in [0.25, 0.3) is 5.69 Å². The molecule has 7 heteroatoms. The van der Waals surface area contributed by atoms with E-state index in [1.165, 1.54) is 24.5 Å². The SMILES string of the molecule is Oc1ccc(F)cc1CNc1ccc(-n2cnnn2)cc1. The molecule has 3 aromatic rings. The van der Waals surface area contributed by atoms with E-state index in [4.69, 9.17) is 0 Å². The molecule has 0 saturated carbocycles. The third kappa shape index (κ3) is 2.97. The molecule has 0 spiro atoms. The van der Waals surface area contributed by atoms with E-state index in [1.807, 2.05) is 24.3 Å². The van der Waals surface area contributed by atoms with Crippen molar-refractivity contribution in [2.45, 2.75) is 6.54 Å². The van der Waals surface area contributed by atoms with Crippen LogP contribution in [0.3, 0.4) is 0 Å². The quantitative estimate of drug-likeness (QED) is 0.768. The molecule has 1 heterocycles. The molecule has 0 aliphatic rings. The van der Waals surface area contributed by atoms with E-state index < -0.39 is 0 Å². The van der Waals surface area contributed by atoms with Crippen molar-refractivity contribution in [1.82, 2.24) is 20.2 Å². The molecule has 0 radical (unpaired) electrons. The number of hydrogen-bond donors (Lipinski definition) is 2. The van der Waals surface area contributed by atoms with Gasteiger partial charge >= 0.3 is 0 Å². The van der Waals surface area contributed by atoms with Gasteiger partial charge in [-0.05, 0) is 52.9 Å². The maximum Gasteiger partial charge on any atom is 0.143 e. The minimum absolute atomic E-state index is 0.0641. The maximum absolute atomic E-state index is 13.1. The smallest absolute Gasteiger partial charge is 0.143 e. The van der Waals surface area contributed by atoms with Crippen molar-refractivity contribution in [3.8, 4) is 11.4 Å². The summed E-state index contributed by atoms with van der Waals surface area (Å²) in [5.41, 5.74) is 2.18. The van der Waals surface area contributed by atoms with Gasteiger partial charge in [0, 0.05) is 17.8 Å². The fourth-order valence-corrected chi connectivity index (χ4v) is 1.90. The molecular formula is C14H12FN5O. The van der Waals surface area contributed by atoms with E-state index in [-0.39, 0.29) is 11.6 Å². The summed E-state index contributed by atoms with van der Waals surface area (Å²) in [6.45, 7) is 0.327. The molecule has 0 amide bonds. The van der Waals surface area contributed by atoms with E-state index in [1.54, 1.807) is 4.68 Å². The molecule has 21 heavy (non-hydrogen) atoms. The van der Waals surface area contributed by atoms with Gasteiger partial charge in [0.2, 0.25) is 0 Å². The molecule has 0 atom stereocenters. The number of nitrogens with one attached hydrogen (secondary N) is 1. The number of phenolic OH excluding ortho intramolecular Hbond substituents is 1. The summed E-state index contributed by atoms with van der Waals surface area (Å²) >= 11 is 0. The topological polar surface area (TPSA) is 75.9 Å². The molecule has 0 unspecified atom stereocenters. The van der Waals surface area contributed by atoms with Gasteiger partial charge in [-0.2, -0.15) is 0 Å². The first-order valence-corrected chi connectivity index (χ1v) is 6.27. The number of benzene rings is 2. The van der Waals surface area contributed by atoms with Crippen LogP contribution in [0.15, 0.2) is 48.8 Å². The Hall–Kier alpha value is -2.96. The third-order valence-corrected chi connectivity index (χ3v) is 3.01. The zero-order valence-corrected chi connectivity index (χ0v) is 10.9. The lowest BCUT2D eigenvalue weighted by Gasteiger charge is -2.09. The lowest BCUT2D eigenvalue weighted by molar-refractivity contribution is 0.466. The van der Waals surface area contributed by atoms with E-state index in [0.717, 1.165) is 11.4 Å². The van der Waals surface area contributed by atoms with Gasteiger partial charge in [0.15, 0.2) is 0 Å². The first-order chi connectivity index (χ1) is 10.2. The van der Waals surface area contributed by atoms with Gasteiger partial charge in [0.1, 0.15) is 17.9 Å². The van der Waals surface area contributed by atoms with Gasteiger partial charge in [-0.25, -0.2) is 9.07 Å². The molecule has 106 valence electrons.